The van der Waals surface area contributed by atoms with E-state index in [0.29, 0.717) is 0 Å². The predicted molar refractivity (Wildman–Crippen MR) is 219 cm³/mol. The van der Waals surface area contributed by atoms with Gasteiger partial charge in [0.15, 0.2) is 0 Å². The van der Waals surface area contributed by atoms with Gasteiger partial charge in [-0.3, -0.25) is 0 Å². The van der Waals surface area contributed by atoms with Crippen LogP contribution in [0.25, 0.3) is 86.3 Å². The molecule has 3 heterocycles. The van der Waals surface area contributed by atoms with E-state index in [0.717, 1.165) is 72.1 Å². The zero-order chi connectivity index (χ0) is 34.2. The molecule has 0 radical (unpaired) electrons. The molecule has 0 fully saturated rings. The minimum atomic E-state index is 0.855. The van der Waals surface area contributed by atoms with Gasteiger partial charge in [-0.25, -0.2) is 0 Å². The van der Waals surface area contributed by atoms with E-state index in [1.807, 2.05) is 29.5 Å². The lowest BCUT2D eigenvalue weighted by molar-refractivity contribution is 0.669. The van der Waals surface area contributed by atoms with Crippen molar-refractivity contribution in [2.45, 2.75) is 0 Å². The monoisotopic (exact) mass is 683 g/mol. The highest BCUT2D eigenvalue weighted by Gasteiger charge is 2.23. The quantitative estimate of drug-likeness (QED) is 0.181. The zero-order valence-electron chi connectivity index (χ0n) is 27.9. The second-order valence-electron chi connectivity index (χ2n) is 13.3. The molecular formula is C48H29NO2S. The lowest BCUT2D eigenvalue weighted by atomic mass is 9.99. The Morgan fingerprint density at radius 2 is 1.04 bits per heavy atom. The van der Waals surface area contributed by atoms with Crippen molar-refractivity contribution in [3.05, 3.63) is 176 Å². The number of rotatable bonds is 5. The van der Waals surface area contributed by atoms with Crippen molar-refractivity contribution in [2.75, 3.05) is 4.90 Å². The van der Waals surface area contributed by atoms with Crippen LogP contribution in [0.15, 0.2) is 185 Å². The Balaban J connectivity index is 1.17. The maximum atomic E-state index is 6.73. The molecular weight excluding hydrogens is 655 g/mol. The third-order valence-corrected chi connectivity index (χ3v) is 11.4. The summed E-state index contributed by atoms with van der Waals surface area (Å²) in [5.41, 5.74) is 11.2. The number of hydrogen-bond donors (Lipinski definition) is 0. The van der Waals surface area contributed by atoms with E-state index >= 15 is 0 Å². The summed E-state index contributed by atoms with van der Waals surface area (Å²) in [6.45, 7) is 0. The highest BCUT2D eigenvalue weighted by atomic mass is 32.1. The predicted octanol–water partition coefficient (Wildman–Crippen LogP) is 14.7. The first-order valence-corrected chi connectivity index (χ1v) is 18.3. The fraction of sp³-hybridized carbons (Fsp3) is 0. The van der Waals surface area contributed by atoms with E-state index in [9.17, 15) is 0 Å². The normalized spacial score (nSPS) is 11.8. The number of furan rings is 2. The first-order valence-electron chi connectivity index (χ1n) is 17.5. The van der Waals surface area contributed by atoms with Crippen molar-refractivity contribution in [1.82, 2.24) is 0 Å². The average Bonchev–Trinajstić information content (AvgIpc) is 3.89. The van der Waals surface area contributed by atoms with Crippen LogP contribution < -0.4 is 4.90 Å². The van der Waals surface area contributed by atoms with Crippen molar-refractivity contribution >= 4 is 92.4 Å². The molecule has 3 nitrogen and oxygen atoms in total. The molecule has 0 aliphatic heterocycles. The van der Waals surface area contributed by atoms with E-state index < -0.39 is 0 Å². The Labute approximate surface area is 303 Å². The van der Waals surface area contributed by atoms with Crippen LogP contribution in [0.1, 0.15) is 0 Å². The van der Waals surface area contributed by atoms with E-state index in [4.69, 9.17) is 8.83 Å². The summed E-state index contributed by atoms with van der Waals surface area (Å²) in [5, 5.41) is 6.87. The van der Waals surface area contributed by atoms with Crippen LogP contribution in [0.4, 0.5) is 17.1 Å². The fourth-order valence-corrected chi connectivity index (χ4v) is 8.96. The van der Waals surface area contributed by atoms with Crippen molar-refractivity contribution in [3.8, 4) is 22.3 Å². The molecule has 11 rings (SSSR count). The molecule has 244 valence electrons. The van der Waals surface area contributed by atoms with Crippen molar-refractivity contribution in [3.63, 3.8) is 0 Å². The van der Waals surface area contributed by atoms with Gasteiger partial charge in [-0.1, -0.05) is 109 Å². The number of benzene rings is 8. The van der Waals surface area contributed by atoms with Crippen LogP contribution in [0.3, 0.4) is 0 Å². The van der Waals surface area contributed by atoms with E-state index in [-0.39, 0.29) is 0 Å². The summed E-state index contributed by atoms with van der Waals surface area (Å²) in [6.07, 6.45) is 0. The molecule has 0 bridgehead atoms. The van der Waals surface area contributed by atoms with Gasteiger partial charge in [-0.05, 0) is 77.4 Å². The lowest BCUT2D eigenvalue weighted by Crippen LogP contribution is -2.10. The van der Waals surface area contributed by atoms with Crippen molar-refractivity contribution in [2.24, 2.45) is 0 Å². The molecule has 0 saturated carbocycles. The van der Waals surface area contributed by atoms with Gasteiger partial charge in [-0.2, -0.15) is 0 Å². The second kappa shape index (κ2) is 11.5. The van der Waals surface area contributed by atoms with Crippen LogP contribution in [0, 0.1) is 0 Å². The molecule has 0 amide bonds. The fourth-order valence-electron chi connectivity index (χ4n) is 7.84. The summed E-state index contributed by atoms with van der Waals surface area (Å²) < 4.78 is 15.7. The standard InChI is InChI=1S/C48H29NO2S/c1-3-11-30(12-4-1)32-19-22-38-40-28-33(21-26-45(40)52-46(38)27-32)49(34-20-23-37-36-15-7-9-17-42(36)50-44(37)29-34)41-25-24-35(31-13-5-2-6-14-31)48-47(41)39-16-8-10-18-43(39)51-48/h1-29H. The second-order valence-corrected chi connectivity index (χ2v) is 14.4. The Morgan fingerprint density at radius 3 is 1.87 bits per heavy atom. The van der Waals surface area contributed by atoms with Gasteiger partial charge >= 0.3 is 0 Å². The van der Waals surface area contributed by atoms with Crippen molar-refractivity contribution in [1.29, 1.82) is 0 Å². The average molecular weight is 684 g/mol. The SMILES string of the molecule is c1ccc(-c2ccc3c(c2)sc2ccc(N(c4ccc5c(c4)oc4ccccc45)c4ccc(-c5ccccc5)c5oc6ccccc6c45)cc23)cc1. The molecule has 0 aliphatic carbocycles. The summed E-state index contributed by atoms with van der Waals surface area (Å²) in [6, 6.07) is 62.5. The number of fused-ring (bicyclic) bond motifs is 9. The molecule has 0 aliphatic rings. The first kappa shape index (κ1) is 29.1. The van der Waals surface area contributed by atoms with Crippen LogP contribution in [-0.2, 0) is 0 Å². The third kappa shape index (κ3) is 4.51. The number of para-hydroxylation sites is 2. The lowest BCUT2D eigenvalue weighted by Gasteiger charge is -2.27. The Kier molecular flexibility index (Phi) is 6.42. The molecule has 4 heteroatoms. The highest BCUT2D eigenvalue weighted by molar-refractivity contribution is 7.25. The molecule has 8 aromatic carbocycles. The molecule has 0 N–H and O–H groups in total. The molecule has 3 aromatic heterocycles. The minimum Gasteiger partial charge on any atom is -0.456 e. The van der Waals surface area contributed by atoms with Gasteiger partial charge in [-0.15, -0.1) is 11.3 Å². The van der Waals surface area contributed by atoms with E-state index in [2.05, 4.69) is 163 Å². The Bertz CT molecular complexity index is 3130. The molecule has 52 heavy (non-hydrogen) atoms. The number of anilines is 3. The van der Waals surface area contributed by atoms with Crippen LogP contribution in [0.2, 0.25) is 0 Å². The summed E-state index contributed by atoms with van der Waals surface area (Å²) >= 11 is 1.84. The van der Waals surface area contributed by atoms with Gasteiger partial charge in [0.1, 0.15) is 22.3 Å². The van der Waals surface area contributed by atoms with Gasteiger partial charge in [0, 0.05) is 59.3 Å². The highest BCUT2D eigenvalue weighted by Crippen LogP contribution is 2.48. The van der Waals surface area contributed by atoms with Crippen LogP contribution >= 0.6 is 11.3 Å². The first-order chi connectivity index (χ1) is 25.8. The van der Waals surface area contributed by atoms with Gasteiger partial charge in [0.25, 0.3) is 0 Å². The molecule has 0 saturated heterocycles. The molecule has 11 aromatic rings. The number of hydrogen-bond acceptors (Lipinski definition) is 4. The summed E-state index contributed by atoms with van der Waals surface area (Å²) in [5.74, 6) is 0. The molecule has 0 spiro atoms. The van der Waals surface area contributed by atoms with Crippen LogP contribution in [0.5, 0.6) is 0 Å². The van der Waals surface area contributed by atoms with Gasteiger partial charge < -0.3 is 13.7 Å². The molecule has 0 unspecified atom stereocenters. The van der Waals surface area contributed by atoms with Crippen molar-refractivity contribution < 1.29 is 8.83 Å². The van der Waals surface area contributed by atoms with Gasteiger partial charge in [0.05, 0.1) is 11.1 Å². The Hall–Kier alpha value is -6.62. The zero-order valence-corrected chi connectivity index (χ0v) is 28.7. The van der Waals surface area contributed by atoms with Crippen LogP contribution in [-0.4, -0.2) is 0 Å². The van der Waals surface area contributed by atoms with E-state index in [1.165, 1.54) is 31.3 Å². The summed E-state index contributed by atoms with van der Waals surface area (Å²) in [7, 11) is 0. The topological polar surface area (TPSA) is 29.5 Å². The minimum absolute atomic E-state index is 0.855. The third-order valence-electron chi connectivity index (χ3n) is 10.3. The largest absolute Gasteiger partial charge is 0.456 e. The number of nitrogens with zero attached hydrogens (tertiary/aromatic N) is 1. The number of thiophene rings is 1. The van der Waals surface area contributed by atoms with E-state index in [1.54, 1.807) is 0 Å². The van der Waals surface area contributed by atoms with Gasteiger partial charge in [0.2, 0.25) is 0 Å². The molecule has 0 atom stereocenters. The summed E-state index contributed by atoms with van der Waals surface area (Å²) in [4.78, 5) is 2.37. The maximum absolute atomic E-state index is 6.73. The Morgan fingerprint density at radius 1 is 0.385 bits per heavy atom. The maximum Gasteiger partial charge on any atom is 0.145 e. The smallest absolute Gasteiger partial charge is 0.145 e.